The Kier molecular flexibility index (Phi) is 29.8. The van der Waals surface area contributed by atoms with Gasteiger partial charge in [0.2, 0.25) is 0 Å². The molecule has 4 nitrogen and oxygen atoms in total. The molecule has 0 aliphatic heterocycles. The summed E-state index contributed by atoms with van der Waals surface area (Å²) in [6, 6.07) is 0. The molecule has 4 unspecified atom stereocenters. The number of carbonyl (C=O) groups is 2. The Morgan fingerprint density at radius 1 is 0.515 bits per heavy atom. The summed E-state index contributed by atoms with van der Waals surface area (Å²) in [5.41, 5.74) is 0. The molecule has 0 spiro atoms. The van der Waals surface area contributed by atoms with Crippen molar-refractivity contribution in [2.75, 3.05) is 0 Å². The Morgan fingerprint density at radius 3 is 1.09 bits per heavy atom. The zero-order valence-corrected chi connectivity index (χ0v) is 25.6. The van der Waals surface area contributed by atoms with Crippen LogP contribution in [0.3, 0.4) is 0 Å². The minimum Gasteiger partial charge on any atom is -0.550 e. The normalized spacial score (nSPS) is 14.2. The minimum atomic E-state index is -0.859. The van der Waals surface area contributed by atoms with Gasteiger partial charge in [-0.25, -0.2) is 0 Å². The van der Waals surface area contributed by atoms with Crippen molar-refractivity contribution < 1.29 is 19.8 Å². The van der Waals surface area contributed by atoms with Crippen molar-refractivity contribution in [3.8, 4) is 0 Å². The first-order valence-electron chi connectivity index (χ1n) is 13.6. The Bertz CT molecular complexity index is 402. The summed E-state index contributed by atoms with van der Waals surface area (Å²) in [6.07, 6.45) is 17.2. The molecule has 0 aliphatic rings. The second-order valence-corrected chi connectivity index (χ2v) is 9.97. The van der Waals surface area contributed by atoms with E-state index < -0.39 is 11.9 Å². The third-order valence-electron chi connectivity index (χ3n) is 6.56. The molecular weight excluding hydrogens is 519 g/mol. The number of hydrogen-bond acceptors (Lipinski definition) is 4. The van der Waals surface area contributed by atoms with Crippen LogP contribution < -0.4 is 10.2 Å². The SMILES string of the molecule is CCCCCC(C)CCC(CCC)C(=O)[O-].CCCCCC(C)CCC(CCC)C(=O)[O-].[Sn+2]. The number of hydrogen-bond donors (Lipinski definition) is 0. The van der Waals surface area contributed by atoms with Crippen LogP contribution in [0.5, 0.6) is 0 Å². The van der Waals surface area contributed by atoms with Crippen molar-refractivity contribution in [3.63, 3.8) is 0 Å². The molecule has 0 saturated carbocycles. The van der Waals surface area contributed by atoms with Crippen LogP contribution in [0.2, 0.25) is 0 Å². The first-order chi connectivity index (χ1) is 15.2. The number of carbonyl (C=O) groups excluding carboxylic acids is 2. The molecule has 0 heterocycles. The van der Waals surface area contributed by atoms with Gasteiger partial charge in [-0.15, -0.1) is 0 Å². The monoisotopic (exact) mass is 574 g/mol. The molecule has 4 atom stereocenters. The summed E-state index contributed by atoms with van der Waals surface area (Å²) in [4.78, 5) is 21.7. The largest absolute Gasteiger partial charge is 2.00 e. The van der Waals surface area contributed by atoms with Crippen molar-refractivity contribution in [1.82, 2.24) is 0 Å². The van der Waals surface area contributed by atoms with Gasteiger partial charge in [0.15, 0.2) is 0 Å². The summed E-state index contributed by atoms with van der Waals surface area (Å²) in [6.45, 7) is 12.9. The van der Waals surface area contributed by atoms with Crippen molar-refractivity contribution >= 4 is 35.8 Å². The number of carboxylic acids is 2. The summed E-state index contributed by atoms with van der Waals surface area (Å²) in [5, 5.41) is 21.7. The van der Waals surface area contributed by atoms with Crippen molar-refractivity contribution in [1.29, 1.82) is 0 Å². The van der Waals surface area contributed by atoms with Crippen LogP contribution in [-0.4, -0.2) is 35.8 Å². The van der Waals surface area contributed by atoms with E-state index in [9.17, 15) is 19.8 Å². The van der Waals surface area contributed by atoms with E-state index in [0.717, 1.165) is 51.4 Å². The molecular formula is C28H54O4Sn. The first-order valence-corrected chi connectivity index (χ1v) is 13.6. The van der Waals surface area contributed by atoms with Crippen LogP contribution in [0.15, 0.2) is 0 Å². The Hall–Kier alpha value is -0.261. The summed E-state index contributed by atoms with van der Waals surface area (Å²) < 4.78 is 0. The fraction of sp³-hybridized carbons (Fsp3) is 0.929. The van der Waals surface area contributed by atoms with Crippen LogP contribution in [-0.2, 0) is 9.59 Å². The molecule has 0 aromatic rings. The molecule has 0 fully saturated rings. The molecule has 0 aromatic heterocycles. The van der Waals surface area contributed by atoms with Gasteiger partial charge in [-0.2, -0.15) is 0 Å². The van der Waals surface area contributed by atoms with Gasteiger partial charge in [0.1, 0.15) is 0 Å². The topological polar surface area (TPSA) is 80.3 Å². The maximum absolute atomic E-state index is 10.9. The molecule has 0 N–H and O–H groups in total. The van der Waals surface area contributed by atoms with Crippen LogP contribution in [0, 0.1) is 23.7 Å². The molecule has 0 aliphatic carbocycles. The van der Waals surface area contributed by atoms with E-state index in [1.54, 1.807) is 0 Å². The maximum Gasteiger partial charge on any atom is 2.00 e. The average molecular weight is 573 g/mol. The van der Waals surface area contributed by atoms with Crippen molar-refractivity contribution in [3.05, 3.63) is 0 Å². The standard InChI is InChI=1S/2C14H28O2.Sn/c2*1-4-6-7-9-12(3)10-11-13(8-5-2)14(15)16;/h2*12-13H,4-11H2,1-3H3,(H,15,16);/q;;+2/p-2. The predicted molar refractivity (Wildman–Crippen MR) is 138 cm³/mol. The molecule has 0 amide bonds. The zero-order valence-electron chi connectivity index (χ0n) is 22.8. The van der Waals surface area contributed by atoms with Crippen molar-refractivity contribution in [2.24, 2.45) is 23.7 Å². The average Bonchev–Trinajstić information content (AvgIpc) is 2.74. The zero-order chi connectivity index (χ0) is 24.8. The van der Waals surface area contributed by atoms with E-state index in [1.165, 1.54) is 51.4 Å². The molecule has 5 heteroatoms. The third kappa shape index (κ3) is 24.7. The smallest absolute Gasteiger partial charge is 0.550 e. The molecule has 0 saturated heterocycles. The van der Waals surface area contributed by atoms with Gasteiger partial charge >= 0.3 is 23.9 Å². The van der Waals surface area contributed by atoms with Gasteiger partial charge in [-0.05, 0) is 49.4 Å². The Labute approximate surface area is 223 Å². The van der Waals surface area contributed by atoms with Gasteiger partial charge < -0.3 is 19.8 Å². The Morgan fingerprint density at radius 2 is 0.848 bits per heavy atom. The van der Waals surface area contributed by atoms with Crippen molar-refractivity contribution in [2.45, 2.75) is 144 Å². The van der Waals surface area contributed by atoms with Crippen LogP contribution in [0.1, 0.15) is 144 Å². The molecule has 2 radical (unpaired) electrons. The number of rotatable bonds is 20. The van der Waals surface area contributed by atoms with E-state index in [-0.39, 0.29) is 35.7 Å². The van der Waals surface area contributed by atoms with Gasteiger partial charge in [0, 0.05) is 11.9 Å². The second kappa shape index (κ2) is 26.3. The fourth-order valence-electron chi connectivity index (χ4n) is 4.20. The summed E-state index contributed by atoms with van der Waals surface area (Å²) in [7, 11) is 0. The van der Waals surface area contributed by atoms with E-state index in [1.807, 2.05) is 13.8 Å². The van der Waals surface area contributed by atoms with E-state index in [2.05, 4.69) is 27.7 Å². The van der Waals surface area contributed by atoms with E-state index in [0.29, 0.717) is 11.8 Å². The quantitative estimate of drug-likeness (QED) is 0.134. The van der Waals surface area contributed by atoms with Crippen LogP contribution in [0.25, 0.3) is 0 Å². The fourth-order valence-corrected chi connectivity index (χ4v) is 4.20. The Balaban J connectivity index is -0.000000529. The minimum absolute atomic E-state index is 0. The van der Waals surface area contributed by atoms with Gasteiger partial charge in [0.25, 0.3) is 0 Å². The number of unbranched alkanes of at least 4 members (excludes halogenated alkanes) is 4. The van der Waals surface area contributed by atoms with Gasteiger partial charge in [-0.1, -0.05) is 119 Å². The second-order valence-electron chi connectivity index (χ2n) is 9.97. The third-order valence-corrected chi connectivity index (χ3v) is 6.56. The molecule has 33 heavy (non-hydrogen) atoms. The number of aliphatic carboxylic acids is 2. The van der Waals surface area contributed by atoms with Gasteiger partial charge in [-0.3, -0.25) is 0 Å². The van der Waals surface area contributed by atoms with Crippen LogP contribution >= 0.6 is 0 Å². The number of carboxylic acid groups (broad SMARTS) is 2. The summed E-state index contributed by atoms with van der Waals surface area (Å²) in [5.74, 6) is -0.849. The predicted octanol–water partition coefficient (Wildman–Crippen LogP) is 5.92. The molecule has 0 rings (SSSR count). The van der Waals surface area contributed by atoms with E-state index in [4.69, 9.17) is 0 Å². The van der Waals surface area contributed by atoms with E-state index >= 15 is 0 Å². The molecule has 0 bridgehead atoms. The first kappa shape index (κ1) is 37.3. The molecule has 0 aromatic carbocycles. The van der Waals surface area contributed by atoms with Gasteiger partial charge in [0.05, 0.1) is 0 Å². The molecule has 194 valence electrons. The summed E-state index contributed by atoms with van der Waals surface area (Å²) >= 11 is 0. The maximum atomic E-state index is 10.9. The van der Waals surface area contributed by atoms with Crippen LogP contribution in [0.4, 0.5) is 0 Å².